The second-order valence-electron chi connectivity index (χ2n) is 5.31. The first-order valence-electron chi connectivity index (χ1n) is 7.41. The predicted octanol–water partition coefficient (Wildman–Crippen LogP) is 2.98. The fourth-order valence-electron chi connectivity index (χ4n) is 2.55. The van der Waals surface area contributed by atoms with Crippen LogP contribution in [-0.2, 0) is 4.79 Å². The minimum Gasteiger partial charge on any atom is -0.426 e. The molecule has 5 nitrogen and oxygen atoms in total. The van der Waals surface area contributed by atoms with E-state index in [1.54, 1.807) is 36.4 Å². The minimum absolute atomic E-state index is 0.0543. The topological polar surface area (TPSA) is 70.4 Å². The van der Waals surface area contributed by atoms with Crippen molar-refractivity contribution in [3.8, 4) is 11.8 Å². The van der Waals surface area contributed by atoms with Crippen LogP contribution in [-0.4, -0.2) is 23.3 Å². The van der Waals surface area contributed by atoms with Gasteiger partial charge in [0.2, 0.25) is 0 Å². The van der Waals surface area contributed by atoms with Gasteiger partial charge in [-0.15, -0.1) is 0 Å². The molecule has 0 radical (unpaired) electrons. The molecule has 0 atom stereocenters. The quantitative estimate of drug-likeness (QED) is 0.642. The fourth-order valence-corrected chi connectivity index (χ4v) is 2.55. The van der Waals surface area contributed by atoms with Crippen LogP contribution in [0.25, 0.3) is 5.70 Å². The van der Waals surface area contributed by atoms with Crippen LogP contribution in [0.4, 0.5) is 0 Å². The first kappa shape index (κ1) is 15.5. The Hall–Kier alpha value is -3.39. The number of carbonyl (C=O) groups excluding carboxylic acids is 2. The summed E-state index contributed by atoms with van der Waals surface area (Å²) in [6.07, 6.45) is 0.0543. The smallest absolute Gasteiger partial charge is 0.312 e. The highest BCUT2D eigenvalue weighted by Crippen LogP contribution is 2.31. The van der Waals surface area contributed by atoms with Gasteiger partial charge in [-0.25, -0.2) is 0 Å². The molecule has 0 saturated heterocycles. The van der Waals surface area contributed by atoms with E-state index in [0.29, 0.717) is 22.6 Å². The van der Waals surface area contributed by atoms with Gasteiger partial charge >= 0.3 is 5.97 Å². The second kappa shape index (κ2) is 6.39. The molecule has 1 aliphatic rings. The molecule has 0 unspecified atom stereocenters. The molecule has 5 heteroatoms. The van der Waals surface area contributed by atoms with Crippen molar-refractivity contribution in [3.63, 3.8) is 0 Å². The summed E-state index contributed by atoms with van der Waals surface area (Å²) in [4.78, 5) is 25.8. The monoisotopic (exact) mass is 318 g/mol. The van der Waals surface area contributed by atoms with Crippen molar-refractivity contribution >= 4 is 17.6 Å². The van der Waals surface area contributed by atoms with Gasteiger partial charge in [-0.05, 0) is 30.3 Å². The Kier molecular flexibility index (Phi) is 4.13. The molecule has 0 aromatic heterocycles. The molecule has 3 rings (SSSR count). The molecule has 0 aliphatic carbocycles. The number of fused-ring (bicyclic) bond motifs is 1. The molecule has 118 valence electrons. The molecular formula is C19H14N2O3. The average Bonchev–Trinajstić information content (AvgIpc) is 2.85. The van der Waals surface area contributed by atoms with E-state index < -0.39 is 5.97 Å². The molecule has 2 aromatic rings. The third-order valence-electron chi connectivity index (χ3n) is 3.79. The van der Waals surface area contributed by atoms with Crippen molar-refractivity contribution in [2.24, 2.45) is 0 Å². The summed E-state index contributed by atoms with van der Waals surface area (Å²) in [5, 5.41) is 8.74. The second-order valence-corrected chi connectivity index (χ2v) is 5.31. The van der Waals surface area contributed by atoms with E-state index in [0.717, 1.165) is 5.56 Å². The van der Waals surface area contributed by atoms with Crippen LogP contribution < -0.4 is 4.74 Å². The standard InChI is InChI=1S/C19H14N2O3/c1-13-16-4-2-3-5-17(16)19(23)21(13)11-10-18(22)24-15-8-6-14(12-20)7-9-15/h2-9H,1,10-11H2. The molecule has 24 heavy (non-hydrogen) atoms. The van der Waals surface area contributed by atoms with Gasteiger partial charge in [-0.3, -0.25) is 9.59 Å². The average molecular weight is 318 g/mol. The Morgan fingerprint density at radius 2 is 1.79 bits per heavy atom. The van der Waals surface area contributed by atoms with Crippen LogP contribution in [0.3, 0.4) is 0 Å². The van der Waals surface area contributed by atoms with Gasteiger partial charge < -0.3 is 9.64 Å². The molecule has 0 fully saturated rings. The van der Waals surface area contributed by atoms with Gasteiger partial charge in [-0.2, -0.15) is 5.26 Å². The molecule has 0 bridgehead atoms. The van der Waals surface area contributed by atoms with Crippen molar-refractivity contribution in [1.82, 2.24) is 4.90 Å². The molecule has 0 spiro atoms. The Balaban J connectivity index is 1.60. The zero-order valence-corrected chi connectivity index (χ0v) is 12.9. The Bertz CT molecular complexity index is 828. The summed E-state index contributed by atoms with van der Waals surface area (Å²) in [6, 6.07) is 15.5. The highest BCUT2D eigenvalue weighted by Gasteiger charge is 2.30. The third kappa shape index (κ3) is 2.90. The zero-order chi connectivity index (χ0) is 17.1. The SMILES string of the molecule is C=C1c2ccccc2C(=O)N1CCC(=O)Oc1ccc(C#N)cc1. The molecule has 0 saturated carbocycles. The predicted molar refractivity (Wildman–Crippen MR) is 87.9 cm³/mol. The lowest BCUT2D eigenvalue weighted by molar-refractivity contribution is -0.134. The first-order valence-corrected chi connectivity index (χ1v) is 7.41. The van der Waals surface area contributed by atoms with Gasteiger partial charge in [0.15, 0.2) is 0 Å². The summed E-state index contributed by atoms with van der Waals surface area (Å²) in [7, 11) is 0. The number of benzene rings is 2. The van der Waals surface area contributed by atoms with Crippen LogP contribution in [0.1, 0.15) is 27.9 Å². The molecule has 1 aliphatic heterocycles. The number of hydrogen-bond acceptors (Lipinski definition) is 4. The molecule has 1 heterocycles. The zero-order valence-electron chi connectivity index (χ0n) is 12.9. The number of carbonyl (C=O) groups is 2. The number of nitriles is 1. The minimum atomic E-state index is -0.448. The number of nitrogens with zero attached hydrogens (tertiary/aromatic N) is 2. The maximum Gasteiger partial charge on any atom is 0.312 e. The van der Waals surface area contributed by atoms with Gasteiger partial charge in [0.1, 0.15) is 5.75 Å². The summed E-state index contributed by atoms with van der Waals surface area (Å²) >= 11 is 0. The largest absolute Gasteiger partial charge is 0.426 e. The van der Waals surface area contributed by atoms with E-state index >= 15 is 0 Å². The number of esters is 1. The van der Waals surface area contributed by atoms with E-state index in [-0.39, 0.29) is 18.9 Å². The number of hydrogen-bond donors (Lipinski definition) is 0. The van der Waals surface area contributed by atoms with E-state index in [1.807, 2.05) is 18.2 Å². The van der Waals surface area contributed by atoms with Crippen LogP contribution >= 0.6 is 0 Å². The molecule has 0 N–H and O–H groups in total. The lowest BCUT2D eigenvalue weighted by Gasteiger charge is -2.16. The first-order chi connectivity index (χ1) is 11.6. The third-order valence-corrected chi connectivity index (χ3v) is 3.79. The summed E-state index contributed by atoms with van der Waals surface area (Å²) in [5.41, 5.74) is 2.49. The van der Waals surface area contributed by atoms with Crippen LogP contribution in [0.2, 0.25) is 0 Å². The van der Waals surface area contributed by atoms with Crippen LogP contribution in [0.5, 0.6) is 5.75 Å². The van der Waals surface area contributed by atoms with Gasteiger partial charge in [0.05, 0.1) is 18.1 Å². The number of rotatable bonds is 4. The van der Waals surface area contributed by atoms with Crippen molar-refractivity contribution < 1.29 is 14.3 Å². The summed E-state index contributed by atoms with van der Waals surface area (Å²) in [5.74, 6) is -0.230. The summed E-state index contributed by atoms with van der Waals surface area (Å²) < 4.78 is 5.21. The van der Waals surface area contributed by atoms with E-state index in [2.05, 4.69) is 6.58 Å². The Labute approximate surface area is 139 Å². The van der Waals surface area contributed by atoms with E-state index in [1.165, 1.54) is 4.90 Å². The van der Waals surface area contributed by atoms with E-state index in [4.69, 9.17) is 10.00 Å². The molecular weight excluding hydrogens is 304 g/mol. The molecule has 1 amide bonds. The lowest BCUT2D eigenvalue weighted by atomic mass is 10.1. The highest BCUT2D eigenvalue weighted by atomic mass is 16.5. The lowest BCUT2D eigenvalue weighted by Crippen LogP contribution is -2.26. The van der Waals surface area contributed by atoms with Crippen molar-refractivity contribution in [2.45, 2.75) is 6.42 Å². The van der Waals surface area contributed by atoms with Crippen molar-refractivity contribution in [3.05, 3.63) is 71.8 Å². The van der Waals surface area contributed by atoms with E-state index in [9.17, 15) is 9.59 Å². The van der Waals surface area contributed by atoms with Crippen molar-refractivity contribution in [2.75, 3.05) is 6.54 Å². The van der Waals surface area contributed by atoms with Crippen LogP contribution in [0, 0.1) is 11.3 Å². The Morgan fingerprint density at radius 1 is 1.12 bits per heavy atom. The number of ether oxygens (including phenoxy) is 1. The Morgan fingerprint density at radius 3 is 2.42 bits per heavy atom. The maximum absolute atomic E-state index is 12.3. The highest BCUT2D eigenvalue weighted by molar-refractivity contribution is 6.08. The molecule has 2 aromatic carbocycles. The van der Waals surface area contributed by atoms with Gasteiger partial charge in [0, 0.05) is 23.4 Å². The normalized spacial score (nSPS) is 12.7. The summed E-state index contributed by atoms with van der Waals surface area (Å²) in [6.45, 7) is 4.14. The van der Waals surface area contributed by atoms with Crippen LogP contribution in [0.15, 0.2) is 55.1 Å². The van der Waals surface area contributed by atoms with Gasteiger partial charge in [-0.1, -0.05) is 24.8 Å². The number of amides is 1. The van der Waals surface area contributed by atoms with Crippen molar-refractivity contribution in [1.29, 1.82) is 5.26 Å². The van der Waals surface area contributed by atoms with Gasteiger partial charge in [0.25, 0.3) is 5.91 Å². The maximum atomic E-state index is 12.3. The fraction of sp³-hybridized carbons (Fsp3) is 0.105.